The van der Waals surface area contributed by atoms with Crippen molar-refractivity contribution in [3.63, 3.8) is 0 Å². The van der Waals surface area contributed by atoms with E-state index in [2.05, 4.69) is 23.6 Å². The second kappa shape index (κ2) is 8.96. The van der Waals surface area contributed by atoms with Gasteiger partial charge in [0.2, 0.25) is 0 Å². The number of anilines is 2. The first-order valence-corrected chi connectivity index (χ1v) is 10.7. The minimum atomic E-state index is -0.211. The van der Waals surface area contributed by atoms with E-state index in [1.54, 1.807) is 14.2 Å². The number of piperazine rings is 1. The van der Waals surface area contributed by atoms with Gasteiger partial charge in [0.05, 0.1) is 19.7 Å². The SMILES string of the molecule is COc1cc2nc(CC(C)C)nc(N3CCN(c4ccc(F)cc4)CC3)c2cc1OC. The molecule has 164 valence electrons. The Morgan fingerprint density at radius 3 is 2.13 bits per heavy atom. The lowest BCUT2D eigenvalue weighted by molar-refractivity contribution is 0.355. The number of halogens is 1. The summed E-state index contributed by atoms with van der Waals surface area (Å²) in [5, 5.41) is 0.959. The number of fused-ring (bicyclic) bond motifs is 1. The first-order chi connectivity index (χ1) is 15.0. The van der Waals surface area contributed by atoms with Crippen LogP contribution >= 0.6 is 0 Å². The fourth-order valence-corrected chi connectivity index (χ4v) is 4.01. The molecule has 1 fully saturated rings. The van der Waals surface area contributed by atoms with Crippen LogP contribution in [0.3, 0.4) is 0 Å². The lowest BCUT2D eigenvalue weighted by Crippen LogP contribution is -2.47. The van der Waals surface area contributed by atoms with E-state index < -0.39 is 0 Å². The topological polar surface area (TPSA) is 50.7 Å². The molecule has 1 saturated heterocycles. The first kappa shape index (κ1) is 21.2. The Morgan fingerprint density at radius 2 is 1.52 bits per heavy atom. The minimum Gasteiger partial charge on any atom is -0.493 e. The van der Waals surface area contributed by atoms with E-state index in [1.807, 2.05) is 24.3 Å². The summed E-state index contributed by atoms with van der Waals surface area (Å²) in [6, 6.07) is 10.6. The Kier molecular flexibility index (Phi) is 6.11. The van der Waals surface area contributed by atoms with Crippen molar-refractivity contribution in [2.24, 2.45) is 5.92 Å². The molecule has 2 heterocycles. The van der Waals surface area contributed by atoms with Crippen LogP contribution in [0, 0.1) is 11.7 Å². The molecule has 7 heteroatoms. The van der Waals surface area contributed by atoms with Crippen molar-refractivity contribution < 1.29 is 13.9 Å². The molecule has 0 atom stereocenters. The number of aromatic nitrogens is 2. The largest absolute Gasteiger partial charge is 0.493 e. The number of nitrogens with zero attached hydrogens (tertiary/aromatic N) is 4. The summed E-state index contributed by atoms with van der Waals surface area (Å²) in [4.78, 5) is 14.3. The van der Waals surface area contributed by atoms with Crippen LogP contribution in [0.2, 0.25) is 0 Å². The summed E-state index contributed by atoms with van der Waals surface area (Å²) in [7, 11) is 3.27. The molecule has 0 aliphatic carbocycles. The van der Waals surface area contributed by atoms with Gasteiger partial charge in [-0.3, -0.25) is 0 Å². The first-order valence-electron chi connectivity index (χ1n) is 10.7. The zero-order valence-electron chi connectivity index (χ0n) is 18.6. The molecule has 1 aliphatic heterocycles. The normalized spacial score (nSPS) is 14.4. The number of benzene rings is 2. The summed E-state index contributed by atoms with van der Waals surface area (Å²) in [6.07, 6.45) is 0.812. The molecule has 6 nitrogen and oxygen atoms in total. The third-order valence-corrected chi connectivity index (χ3v) is 5.59. The average molecular weight is 425 g/mol. The predicted octanol–water partition coefficient (Wildman–Crippen LogP) is 4.31. The molecule has 0 unspecified atom stereocenters. The molecule has 0 spiro atoms. The van der Waals surface area contributed by atoms with Crippen LogP contribution in [-0.2, 0) is 6.42 Å². The molecule has 0 saturated carbocycles. The van der Waals surface area contributed by atoms with Gasteiger partial charge in [-0.1, -0.05) is 13.8 Å². The Morgan fingerprint density at radius 1 is 0.903 bits per heavy atom. The maximum Gasteiger partial charge on any atom is 0.162 e. The lowest BCUT2D eigenvalue weighted by Gasteiger charge is -2.37. The van der Waals surface area contributed by atoms with Crippen molar-refractivity contribution in [3.05, 3.63) is 48.0 Å². The Bertz CT molecular complexity index is 1050. The number of hydrogen-bond acceptors (Lipinski definition) is 6. The fourth-order valence-electron chi connectivity index (χ4n) is 4.01. The smallest absolute Gasteiger partial charge is 0.162 e. The van der Waals surface area contributed by atoms with Gasteiger partial charge in [0.25, 0.3) is 0 Å². The zero-order chi connectivity index (χ0) is 22.0. The average Bonchev–Trinajstić information content (AvgIpc) is 2.78. The van der Waals surface area contributed by atoms with Crippen molar-refractivity contribution >= 4 is 22.4 Å². The highest BCUT2D eigenvalue weighted by atomic mass is 19.1. The zero-order valence-corrected chi connectivity index (χ0v) is 18.6. The van der Waals surface area contributed by atoms with Gasteiger partial charge < -0.3 is 19.3 Å². The Labute approximate surface area is 182 Å². The maximum absolute atomic E-state index is 13.3. The third-order valence-electron chi connectivity index (χ3n) is 5.59. The Hall–Kier alpha value is -3.09. The quantitative estimate of drug-likeness (QED) is 0.588. The lowest BCUT2D eigenvalue weighted by atomic mass is 10.1. The van der Waals surface area contributed by atoms with Gasteiger partial charge in [-0.25, -0.2) is 14.4 Å². The maximum atomic E-state index is 13.3. The second-order valence-electron chi connectivity index (χ2n) is 8.24. The van der Waals surface area contributed by atoms with Crippen LogP contribution < -0.4 is 19.3 Å². The van der Waals surface area contributed by atoms with Crippen molar-refractivity contribution in [2.45, 2.75) is 20.3 Å². The monoisotopic (exact) mass is 424 g/mol. The second-order valence-corrected chi connectivity index (χ2v) is 8.24. The van der Waals surface area contributed by atoms with Gasteiger partial charge in [-0.2, -0.15) is 0 Å². The number of methoxy groups -OCH3 is 2. The molecule has 0 radical (unpaired) electrons. The number of rotatable bonds is 6. The van der Waals surface area contributed by atoms with Crippen LogP contribution in [0.1, 0.15) is 19.7 Å². The van der Waals surface area contributed by atoms with Crippen molar-refractivity contribution in [1.82, 2.24) is 9.97 Å². The van der Waals surface area contributed by atoms with Gasteiger partial charge in [0.15, 0.2) is 11.5 Å². The van der Waals surface area contributed by atoms with Crippen molar-refractivity contribution in [3.8, 4) is 11.5 Å². The van der Waals surface area contributed by atoms with Gasteiger partial charge in [0, 0.05) is 49.7 Å². The van der Waals surface area contributed by atoms with Crippen LogP contribution in [0.4, 0.5) is 15.9 Å². The molecule has 0 amide bonds. The molecule has 31 heavy (non-hydrogen) atoms. The summed E-state index contributed by atoms with van der Waals surface area (Å²) in [5.74, 6) is 3.35. The molecular weight excluding hydrogens is 395 g/mol. The highest BCUT2D eigenvalue weighted by molar-refractivity contribution is 5.92. The molecule has 2 aromatic carbocycles. The van der Waals surface area contributed by atoms with E-state index in [0.29, 0.717) is 17.4 Å². The number of ether oxygens (including phenoxy) is 2. The molecule has 4 rings (SSSR count). The molecule has 1 aliphatic rings. The molecule has 0 N–H and O–H groups in total. The summed E-state index contributed by atoms with van der Waals surface area (Å²) in [5.41, 5.74) is 1.90. The van der Waals surface area contributed by atoms with Crippen molar-refractivity contribution in [2.75, 3.05) is 50.2 Å². The summed E-state index contributed by atoms with van der Waals surface area (Å²) >= 11 is 0. The predicted molar refractivity (Wildman–Crippen MR) is 122 cm³/mol. The standard InChI is InChI=1S/C24H29FN4O2/c1-16(2)13-23-26-20-15-22(31-4)21(30-3)14-19(20)24(27-23)29-11-9-28(10-12-29)18-7-5-17(25)6-8-18/h5-8,14-16H,9-13H2,1-4H3. The molecule has 1 aromatic heterocycles. The Balaban J connectivity index is 1.67. The van der Waals surface area contributed by atoms with E-state index in [0.717, 1.165) is 60.8 Å². The van der Waals surface area contributed by atoms with Crippen LogP contribution in [0.25, 0.3) is 10.9 Å². The minimum absolute atomic E-state index is 0.211. The van der Waals surface area contributed by atoms with E-state index in [1.165, 1.54) is 12.1 Å². The van der Waals surface area contributed by atoms with E-state index >= 15 is 0 Å². The summed E-state index contributed by atoms with van der Waals surface area (Å²) < 4.78 is 24.3. The van der Waals surface area contributed by atoms with Gasteiger partial charge >= 0.3 is 0 Å². The highest BCUT2D eigenvalue weighted by Gasteiger charge is 2.22. The number of hydrogen-bond donors (Lipinski definition) is 0. The van der Waals surface area contributed by atoms with Crippen molar-refractivity contribution in [1.29, 1.82) is 0 Å². The van der Waals surface area contributed by atoms with Crippen LogP contribution in [-0.4, -0.2) is 50.4 Å². The fraction of sp³-hybridized carbons (Fsp3) is 0.417. The van der Waals surface area contributed by atoms with E-state index in [-0.39, 0.29) is 5.82 Å². The molecular formula is C24H29FN4O2. The van der Waals surface area contributed by atoms with Crippen LogP contribution in [0.5, 0.6) is 11.5 Å². The van der Waals surface area contributed by atoms with Gasteiger partial charge in [0.1, 0.15) is 17.5 Å². The van der Waals surface area contributed by atoms with Gasteiger partial charge in [-0.05, 0) is 36.2 Å². The third kappa shape index (κ3) is 4.50. The van der Waals surface area contributed by atoms with E-state index in [4.69, 9.17) is 19.4 Å². The molecule has 0 bridgehead atoms. The highest BCUT2D eigenvalue weighted by Crippen LogP contribution is 2.36. The van der Waals surface area contributed by atoms with E-state index in [9.17, 15) is 4.39 Å². The van der Waals surface area contributed by atoms with Crippen LogP contribution in [0.15, 0.2) is 36.4 Å². The summed E-state index contributed by atoms with van der Waals surface area (Å²) in [6.45, 7) is 7.65. The van der Waals surface area contributed by atoms with Gasteiger partial charge in [-0.15, -0.1) is 0 Å². The molecule has 3 aromatic rings.